The van der Waals surface area contributed by atoms with E-state index in [0.29, 0.717) is 24.5 Å². The third-order valence-corrected chi connectivity index (χ3v) is 5.66. The van der Waals surface area contributed by atoms with E-state index >= 15 is 0 Å². The van der Waals surface area contributed by atoms with Crippen LogP contribution >= 0.6 is 23.4 Å². The van der Waals surface area contributed by atoms with Gasteiger partial charge in [-0.1, -0.05) is 35.9 Å². The van der Waals surface area contributed by atoms with Crippen LogP contribution in [-0.2, 0) is 11.2 Å². The van der Waals surface area contributed by atoms with Crippen LogP contribution < -0.4 is 4.74 Å². The Hall–Kier alpha value is -1.85. The first-order valence-corrected chi connectivity index (χ1v) is 9.04. The average Bonchev–Trinajstić information content (AvgIpc) is 2.95. The zero-order chi connectivity index (χ0) is 17.1. The zero-order valence-electron chi connectivity index (χ0n) is 13.2. The molecule has 0 aromatic heterocycles. The van der Waals surface area contributed by atoms with Crippen molar-refractivity contribution in [3.63, 3.8) is 0 Å². The van der Waals surface area contributed by atoms with E-state index in [1.165, 1.54) is 7.11 Å². The summed E-state index contributed by atoms with van der Waals surface area (Å²) in [6.45, 7) is 0.601. The van der Waals surface area contributed by atoms with Crippen LogP contribution in [-0.4, -0.2) is 35.3 Å². The molecule has 1 aliphatic heterocycles. The van der Waals surface area contributed by atoms with Gasteiger partial charge >= 0.3 is 0 Å². The Kier molecular flexibility index (Phi) is 5.21. The van der Waals surface area contributed by atoms with Gasteiger partial charge in [-0.15, -0.1) is 11.8 Å². The smallest absolute Gasteiger partial charge is 0.233 e. The van der Waals surface area contributed by atoms with Gasteiger partial charge in [0.1, 0.15) is 5.37 Å². The number of amides is 1. The Morgan fingerprint density at radius 3 is 2.88 bits per heavy atom. The molecule has 3 rings (SSSR count). The quantitative estimate of drug-likeness (QED) is 0.876. The molecule has 1 saturated heterocycles. The molecule has 2 aromatic carbocycles. The minimum absolute atomic E-state index is 0.0745. The van der Waals surface area contributed by atoms with Crippen molar-refractivity contribution < 1.29 is 14.6 Å². The van der Waals surface area contributed by atoms with Gasteiger partial charge in [-0.2, -0.15) is 0 Å². The number of phenols is 1. The first kappa shape index (κ1) is 17.0. The fourth-order valence-corrected chi connectivity index (χ4v) is 4.20. The maximum atomic E-state index is 12.3. The number of carbonyl (C=O) groups is 1. The van der Waals surface area contributed by atoms with E-state index in [-0.39, 0.29) is 17.0 Å². The van der Waals surface area contributed by atoms with E-state index in [1.54, 1.807) is 23.9 Å². The van der Waals surface area contributed by atoms with Crippen molar-refractivity contribution in [3.05, 3.63) is 58.6 Å². The number of phenolic OH excluding ortho intramolecular Hbond substituents is 1. The number of carbonyl (C=O) groups excluding carboxylic acids is 1. The number of methoxy groups -OCH3 is 1. The SMILES string of the molecule is COc1cc(C2SCC(=O)N2CCc2ccccc2Cl)ccc1O. The monoisotopic (exact) mass is 363 g/mol. The van der Waals surface area contributed by atoms with E-state index in [9.17, 15) is 9.90 Å². The van der Waals surface area contributed by atoms with E-state index in [0.717, 1.165) is 16.1 Å². The van der Waals surface area contributed by atoms with E-state index in [2.05, 4.69) is 0 Å². The molecule has 1 N–H and O–H groups in total. The van der Waals surface area contributed by atoms with Crippen LogP contribution in [0.1, 0.15) is 16.5 Å². The number of halogens is 1. The van der Waals surface area contributed by atoms with Gasteiger partial charge in [0, 0.05) is 11.6 Å². The van der Waals surface area contributed by atoms with Gasteiger partial charge in [-0.3, -0.25) is 4.79 Å². The molecule has 1 unspecified atom stereocenters. The second-order valence-corrected chi connectivity index (χ2v) is 7.00. The maximum Gasteiger partial charge on any atom is 0.233 e. The topological polar surface area (TPSA) is 49.8 Å². The molecule has 0 aliphatic carbocycles. The normalized spacial score (nSPS) is 17.3. The lowest BCUT2D eigenvalue weighted by Crippen LogP contribution is -2.30. The first-order valence-electron chi connectivity index (χ1n) is 7.61. The molecule has 1 fully saturated rings. The zero-order valence-corrected chi connectivity index (χ0v) is 14.8. The Morgan fingerprint density at radius 1 is 1.33 bits per heavy atom. The summed E-state index contributed by atoms with van der Waals surface area (Å²) in [6.07, 6.45) is 0.706. The molecule has 24 heavy (non-hydrogen) atoms. The molecule has 1 amide bonds. The second kappa shape index (κ2) is 7.36. The summed E-state index contributed by atoms with van der Waals surface area (Å²) >= 11 is 7.79. The lowest BCUT2D eigenvalue weighted by molar-refractivity contribution is -0.128. The average molecular weight is 364 g/mol. The van der Waals surface area contributed by atoms with Crippen molar-refractivity contribution in [2.45, 2.75) is 11.8 Å². The molecule has 1 aliphatic rings. The highest BCUT2D eigenvalue weighted by atomic mass is 35.5. The van der Waals surface area contributed by atoms with Crippen LogP contribution in [0.3, 0.4) is 0 Å². The van der Waals surface area contributed by atoms with E-state index in [1.807, 2.05) is 35.2 Å². The highest BCUT2D eigenvalue weighted by molar-refractivity contribution is 8.00. The molecule has 1 heterocycles. The van der Waals surface area contributed by atoms with Gasteiger partial charge in [0.15, 0.2) is 11.5 Å². The first-order chi connectivity index (χ1) is 11.6. The van der Waals surface area contributed by atoms with Crippen molar-refractivity contribution >= 4 is 29.3 Å². The summed E-state index contributed by atoms with van der Waals surface area (Å²) in [4.78, 5) is 14.1. The summed E-state index contributed by atoms with van der Waals surface area (Å²) < 4.78 is 5.17. The summed E-state index contributed by atoms with van der Waals surface area (Å²) in [5, 5.41) is 10.4. The Morgan fingerprint density at radius 2 is 2.12 bits per heavy atom. The van der Waals surface area contributed by atoms with Crippen LogP contribution in [0.4, 0.5) is 0 Å². The number of hydrogen-bond acceptors (Lipinski definition) is 4. The lowest BCUT2D eigenvalue weighted by Gasteiger charge is -2.25. The molecule has 0 saturated carbocycles. The Balaban J connectivity index is 1.78. The number of thioether (sulfide) groups is 1. The molecular formula is C18H18ClNO3S. The number of aromatic hydroxyl groups is 1. The lowest BCUT2D eigenvalue weighted by atomic mass is 10.1. The molecule has 6 heteroatoms. The molecule has 4 nitrogen and oxygen atoms in total. The number of nitrogens with zero attached hydrogens (tertiary/aromatic N) is 1. The molecule has 126 valence electrons. The van der Waals surface area contributed by atoms with Crippen molar-refractivity contribution in [1.82, 2.24) is 4.90 Å². The summed E-state index contributed by atoms with van der Waals surface area (Å²) in [5.41, 5.74) is 1.98. The van der Waals surface area contributed by atoms with Crippen LogP contribution in [0.5, 0.6) is 11.5 Å². The third kappa shape index (κ3) is 3.47. The molecule has 0 radical (unpaired) electrons. The van der Waals surface area contributed by atoms with Gasteiger partial charge < -0.3 is 14.7 Å². The van der Waals surface area contributed by atoms with Gasteiger partial charge in [0.25, 0.3) is 0 Å². The predicted molar refractivity (Wildman–Crippen MR) is 96.7 cm³/mol. The van der Waals surface area contributed by atoms with Gasteiger partial charge in [-0.25, -0.2) is 0 Å². The third-order valence-electron chi connectivity index (χ3n) is 4.04. The van der Waals surface area contributed by atoms with E-state index in [4.69, 9.17) is 16.3 Å². The molecule has 0 bridgehead atoms. The van der Waals surface area contributed by atoms with Gasteiger partial charge in [0.05, 0.1) is 12.9 Å². The van der Waals surface area contributed by atoms with Crippen LogP contribution in [0.25, 0.3) is 0 Å². The summed E-state index contributed by atoms with van der Waals surface area (Å²) in [6, 6.07) is 12.9. The van der Waals surface area contributed by atoms with Crippen molar-refractivity contribution in [2.75, 3.05) is 19.4 Å². The minimum Gasteiger partial charge on any atom is -0.504 e. The van der Waals surface area contributed by atoms with Crippen molar-refractivity contribution in [3.8, 4) is 11.5 Å². The van der Waals surface area contributed by atoms with Crippen molar-refractivity contribution in [1.29, 1.82) is 0 Å². The van der Waals surface area contributed by atoms with Gasteiger partial charge in [-0.05, 0) is 35.7 Å². The number of ether oxygens (including phenoxy) is 1. The van der Waals surface area contributed by atoms with Gasteiger partial charge in [0.2, 0.25) is 5.91 Å². The Labute approximate surface area is 150 Å². The number of benzene rings is 2. The molecule has 0 spiro atoms. The van der Waals surface area contributed by atoms with Crippen molar-refractivity contribution in [2.24, 2.45) is 0 Å². The Bertz CT molecular complexity index is 753. The minimum atomic E-state index is -0.0745. The number of hydrogen-bond donors (Lipinski definition) is 1. The highest BCUT2D eigenvalue weighted by Gasteiger charge is 2.33. The molecule has 1 atom stereocenters. The summed E-state index contributed by atoms with van der Waals surface area (Å²) in [7, 11) is 1.51. The van der Waals surface area contributed by atoms with E-state index < -0.39 is 0 Å². The largest absolute Gasteiger partial charge is 0.504 e. The van der Waals surface area contributed by atoms with Crippen LogP contribution in [0.2, 0.25) is 5.02 Å². The fourth-order valence-electron chi connectivity index (χ4n) is 2.76. The van der Waals surface area contributed by atoms with Crippen LogP contribution in [0, 0.1) is 0 Å². The number of rotatable bonds is 5. The molecule has 2 aromatic rings. The van der Waals surface area contributed by atoms with Crippen LogP contribution in [0.15, 0.2) is 42.5 Å². The highest BCUT2D eigenvalue weighted by Crippen LogP contribution is 2.41. The fraction of sp³-hybridized carbons (Fsp3) is 0.278. The summed E-state index contributed by atoms with van der Waals surface area (Å²) in [5.74, 6) is 1.08. The predicted octanol–water partition coefficient (Wildman–Crippen LogP) is 3.87. The molecular weight excluding hydrogens is 346 g/mol. The maximum absolute atomic E-state index is 12.3. The second-order valence-electron chi connectivity index (χ2n) is 5.52. The standard InChI is InChI=1S/C18H18ClNO3S/c1-23-16-10-13(6-7-15(16)21)18-20(17(22)11-24-18)9-8-12-4-2-3-5-14(12)19/h2-7,10,18,21H,8-9,11H2,1H3.